The van der Waals surface area contributed by atoms with Gasteiger partial charge in [0.25, 0.3) is 0 Å². The molecule has 1 aliphatic rings. The summed E-state index contributed by atoms with van der Waals surface area (Å²) in [6, 6.07) is 15.8. The van der Waals surface area contributed by atoms with Gasteiger partial charge in [-0.15, -0.1) is 11.8 Å². The highest BCUT2D eigenvalue weighted by Gasteiger charge is 2.19. The van der Waals surface area contributed by atoms with E-state index in [1.807, 2.05) is 55.1 Å². The molecule has 0 aromatic heterocycles. The van der Waals surface area contributed by atoms with Crippen LogP contribution in [0.3, 0.4) is 0 Å². The molecule has 0 spiro atoms. The summed E-state index contributed by atoms with van der Waals surface area (Å²) >= 11 is 1.84. The van der Waals surface area contributed by atoms with Gasteiger partial charge in [-0.1, -0.05) is 24.3 Å². The number of nitrogens with zero attached hydrogens (tertiary/aromatic N) is 1. The monoisotopic (exact) mass is 328 g/mol. The number of thioether (sulfide) groups is 1. The average Bonchev–Trinajstić information content (AvgIpc) is 2.57. The van der Waals surface area contributed by atoms with Gasteiger partial charge >= 0.3 is 0 Å². The number of anilines is 2. The molecule has 0 radical (unpaired) electrons. The SMILES string of the molecule is CCOc1ccccc1NC(=O)CN1CCSc2ccccc21. The van der Waals surface area contributed by atoms with Gasteiger partial charge in [0.15, 0.2) is 0 Å². The molecule has 5 heteroatoms. The third-order valence-corrected chi connectivity index (χ3v) is 4.66. The van der Waals surface area contributed by atoms with Crippen molar-refractivity contribution in [2.45, 2.75) is 11.8 Å². The van der Waals surface area contributed by atoms with E-state index in [1.165, 1.54) is 4.90 Å². The number of rotatable bonds is 5. The fourth-order valence-electron chi connectivity index (χ4n) is 2.61. The fraction of sp³-hybridized carbons (Fsp3) is 0.278. The number of amides is 1. The first-order valence-electron chi connectivity index (χ1n) is 7.76. The maximum absolute atomic E-state index is 12.4. The molecular formula is C18H20N2O2S. The number of carbonyl (C=O) groups excluding carboxylic acids is 1. The van der Waals surface area contributed by atoms with Crippen LogP contribution in [0.5, 0.6) is 5.75 Å². The van der Waals surface area contributed by atoms with Gasteiger partial charge in [0.05, 0.1) is 24.5 Å². The van der Waals surface area contributed by atoms with Gasteiger partial charge < -0.3 is 15.0 Å². The largest absolute Gasteiger partial charge is 0.492 e. The molecule has 0 bridgehead atoms. The predicted molar refractivity (Wildman–Crippen MR) is 95.6 cm³/mol. The summed E-state index contributed by atoms with van der Waals surface area (Å²) in [4.78, 5) is 15.8. The lowest BCUT2D eigenvalue weighted by molar-refractivity contribution is -0.115. The summed E-state index contributed by atoms with van der Waals surface area (Å²) in [5.74, 6) is 1.68. The van der Waals surface area contributed by atoms with Crippen LogP contribution in [-0.4, -0.2) is 31.4 Å². The molecule has 0 fully saturated rings. The quantitative estimate of drug-likeness (QED) is 0.910. The maximum Gasteiger partial charge on any atom is 0.243 e. The summed E-state index contributed by atoms with van der Waals surface area (Å²) in [5, 5.41) is 2.96. The maximum atomic E-state index is 12.4. The van der Waals surface area contributed by atoms with Crippen molar-refractivity contribution >= 4 is 29.0 Å². The highest BCUT2D eigenvalue weighted by Crippen LogP contribution is 2.34. The predicted octanol–water partition coefficient (Wildman–Crippen LogP) is 3.64. The number of benzene rings is 2. The van der Waals surface area contributed by atoms with E-state index in [-0.39, 0.29) is 5.91 Å². The molecule has 0 atom stereocenters. The molecule has 1 amide bonds. The fourth-order valence-corrected chi connectivity index (χ4v) is 3.66. The topological polar surface area (TPSA) is 41.6 Å². The Morgan fingerprint density at radius 2 is 2.00 bits per heavy atom. The zero-order chi connectivity index (χ0) is 16.1. The lowest BCUT2D eigenvalue weighted by Crippen LogP contribution is -2.36. The van der Waals surface area contributed by atoms with Crippen LogP contribution in [0.2, 0.25) is 0 Å². The van der Waals surface area contributed by atoms with Crippen molar-refractivity contribution in [3.8, 4) is 5.75 Å². The zero-order valence-electron chi connectivity index (χ0n) is 13.1. The summed E-state index contributed by atoms with van der Waals surface area (Å²) in [5.41, 5.74) is 1.86. The Kier molecular flexibility index (Phi) is 5.08. The first kappa shape index (κ1) is 15.7. The first-order valence-corrected chi connectivity index (χ1v) is 8.75. The minimum absolute atomic E-state index is 0.0288. The summed E-state index contributed by atoms with van der Waals surface area (Å²) in [7, 11) is 0. The first-order chi connectivity index (χ1) is 11.3. The molecule has 4 nitrogen and oxygen atoms in total. The number of para-hydroxylation sites is 3. The molecule has 2 aromatic rings. The van der Waals surface area contributed by atoms with Crippen molar-refractivity contribution in [3.05, 3.63) is 48.5 Å². The van der Waals surface area contributed by atoms with Crippen LogP contribution in [0.25, 0.3) is 0 Å². The molecule has 120 valence electrons. The van der Waals surface area contributed by atoms with Crippen LogP contribution in [0.4, 0.5) is 11.4 Å². The Morgan fingerprint density at radius 1 is 1.22 bits per heavy atom. The van der Waals surface area contributed by atoms with Crippen LogP contribution < -0.4 is 15.0 Å². The number of ether oxygens (including phenoxy) is 1. The summed E-state index contributed by atoms with van der Waals surface area (Å²) in [6.07, 6.45) is 0. The third-order valence-electron chi connectivity index (χ3n) is 3.62. The van der Waals surface area contributed by atoms with Gasteiger partial charge in [-0.25, -0.2) is 0 Å². The molecule has 2 aromatic carbocycles. The van der Waals surface area contributed by atoms with Gasteiger partial charge in [-0.2, -0.15) is 0 Å². The van der Waals surface area contributed by atoms with Crippen molar-refractivity contribution in [3.63, 3.8) is 0 Å². The Hall–Kier alpha value is -2.14. The van der Waals surface area contributed by atoms with Crippen LogP contribution in [0, 0.1) is 0 Å². The van der Waals surface area contributed by atoms with Gasteiger partial charge in [-0.05, 0) is 31.2 Å². The highest BCUT2D eigenvalue weighted by atomic mass is 32.2. The minimum Gasteiger partial charge on any atom is -0.492 e. The molecule has 3 rings (SSSR count). The lowest BCUT2D eigenvalue weighted by Gasteiger charge is -2.30. The van der Waals surface area contributed by atoms with Gasteiger partial charge in [-0.3, -0.25) is 4.79 Å². The number of carbonyl (C=O) groups is 1. The Bertz CT molecular complexity index is 690. The van der Waals surface area contributed by atoms with Crippen LogP contribution in [-0.2, 0) is 4.79 Å². The van der Waals surface area contributed by atoms with Crippen LogP contribution >= 0.6 is 11.8 Å². The molecule has 0 saturated carbocycles. The number of hydrogen-bond donors (Lipinski definition) is 1. The van der Waals surface area contributed by atoms with E-state index in [9.17, 15) is 4.79 Å². The van der Waals surface area contributed by atoms with E-state index in [0.717, 1.165) is 23.7 Å². The lowest BCUT2D eigenvalue weighted by atomic mass is 10.2. The second-order valence-corrected chi connectivity index (χ2v) is 6.35. The van der Waals surface area contributed by atoms with Gasteiger partial charge in [0.2, 0.25) is 5.91 Å². The van der Waals surface area contributed by atoms with E-state index in [1.54, 1.807) is 0 Å². The molecule has 0 aliphatic carbocycles. The molecule has 23 heavy (non-hydrogen) atoms. The Balaban J connectivity index is 1.69. The number of hydrogen-bond acceptors (Lipinski definition) is 4. The second kappa shape index (κ2) is 7.42. The van der Waals surface area contributed by atoms with Gasteiger partial charge in [0.1, 0.15) is 5.75 Å². The summed E-state index contributed by atoms with van der Waals surface area (Å²) in [6.45, 7) is 3.73. The molecule has 1 heterocycles. The number of nitrogens with one attached hydrogen (secondary N) is 1. The highest BCUT2D eigenvalue weighted by molar-refractivity contribution is 7.99. The van der Waals surface area contributed by atoms with Gasteiger partial charge in [0, 0.05) is 17.2 Å². The number of fused-ring (bicyclic) bond motifs is 1. The molecular weight excluding hydrogens is 308 g/mol. The molecule has 1 aliphatic heterocycles. The second-order valence-electron chi connectivity index (χ2n) is 5.22. The Labute approximate surface area is 140 Å². The molecule has 0 unspecified atom stereocenters. The van der Waals surface area contributed by atoms with Crippen LogP contribution in [0.15, 0.2) is 53.4 Å². The molecule has 0 saturated heterocycles. The third kappa shape index (κ3) is 3.79. The smallest absolute Gasteiger partial charge is 0.243 e. The van der Waals surface area contributed by atoms with E-state index < -0.39 is 0 Å². The van der Waals surface area contributed by atoms with E-state index in [4.69, 9.17) is 4.74 Å². The standard InChI is InChI=1S/C18H20N2O2S/c1-2-22-16-9-5-3-7-14(16)19-18(21)13-20-11-12-23-17-10-6-4-8-15(17)20/h3-10H,2,11-13H2,1H3,(H,19,21). The van der Waals surface area contributed by atoms with Crippen LogP contribution in [0.1, 0.15) is 6.92 Å². The van der Waals surface area contributed by atoms with Crippen molar-refractivity contribution in [2.24, 2.45) is 0 Å². The molecule has 1 N–H and O–H groups in total. The van der Waals surface area contributed by atoms with E-state index >= 15 is 0 Å². The average molecular weight is 328 g/mol. The normalized spacial score (nSPS) is 13.3. The summed E-state index contributed by atoms with van der Waals surface area (Å²) < 4.78 is 5.55. The van der Waals surface area contributed by atoms with Crippen molar-refractivity contribution < 1.29 is 9.53 Å². The van der Waals surface area contributed by atoms with E-state index in [2.05, 4.69) is 22.3 Å². The van der Waals surface area contributed by atoms with Crippen molar-refractivity contribution in [1.82, 2.24) is 0 Å². The van der Waals surface area contributed by atoms with Crippen molar-refractivity contribution in [2.75, 3.05) is 35.7 Å². The van der Waals surface area contributed by atoms with Crippen molar-refractivity contribution in [1.29, 1.82) is 0 Å². The minimum atomic E-state index is -0.0288. The zero-order valence-corrected chi connectivity index (χ0v) is 13.9. The Morgan fingerprint density at radius 3 is 2.87 bits per heavy atom. The van der Waals surface area contributed by atoms with E-state index in [0.29, 0.717) is 18.9 Å².